The van der Waals surface area contributed by atoms with Crippen molar-refractivity contribution >= 4 is 23.1 Å². The van der Waals surface area contributed by atoms with Gasteiger partial charge in [0.05, 0.1) is 5.69 Å². The average molecular weight is 460 g/mol. The number of ketones is 1. The van der Waals surface area contributed by atoms with E-state index in [4.69, 9.17) is 0 Å². The Labute approximate surface area is 185 Å². The van der Waals surface area contributed by atoms with Gasteiger partial charge in [0.25, 0.3) is 5.91 Å². The topological polar surface area (TPSA) is 58.2 Å². The van der Waals surface area contributed by atoms with Gasteiger partial charge < -0.3 is 10.6 Å². The summed E-state index contributed by atoms with van der Waals surface area (Å²) in [7, 11) is 0. The summed E-state index contributed by atoms with van der Waals surface area (Å²) in [5, 5.41) is 4.65. The summed E-state index contributed by atoms with van der Waals surface area (Å²) in [6, 6.07) is 12.2. The van der Waals surface area contributed by atoms with E-state index < -0.39 is 30.3 Å². The third-order valence-electron chi connectivity index (χ3n) is 5.29. The first-order valence-corrected chi connectivity index (χ1v) is 9.98. The molecule has 170 valence electrons. The van der Waals surface area contributed by atoms with E-state index in [1.54, 1.807) is 29.6 Å². The number of carbonyl (C=O) groups excluding carboxylic acids is 2. The Morgan fingerprint density at radius 1 is 0.879 bits per heavy atom. The molecular formula is C24H17F5N2O2. The van der Waals surface area contributed by atoms with Gasteiger partial charge in [-0.15, -0.1) is 0 Å². The standard InChI is InChI=1S/C24H17F5N2O2/c25-16-5-8-21(20(26)11-16)31-17-6-7-18-14(9-17)3-1-13-2-4-15(10-19(13)22(18)32)23(33)30-12-24(27,28)29/h2,4-11,31H,1,3,12H2,(H,30,33). The van der Waals surface area contributed by atoms with Crippen LogP contribution in [0.1, 0.15) is 37.4 Å². The molecule has 0 bridgehead atoms. The highest BCUT2D eigenvalue weighted by atomic mass is 19.4. The van der Waals surface area contributed by atoms with E-state index in [0.29, 0.717) is 35.2 Å². The summed E-state index contributed by atoms with van der Waals surface area (Å²) < 4.78 is 64.2. The highest BCUT2D eigenvalue weighted by Crippen LogP contribution is 2.29. The third kappa shape index (κ3) is 5.02. The summed E-state index contributed by atoms with van der Waals surface area (Å²) in [4.78, 5) is 25.2. The second-order valence-electron chi connectivity index (χ2n) is 7.62. The molecule has 1 amide bonds. The number of alkyl halides is 3. The summed E-state index contributed by atoms with van der Waals surface area (Å²) in [6.45, 7) is -1.47. The van der Waals surface area contributed by atoms with Crippen LogP contribution in [-0.2, 0) is 12.8 Å². The van der Waals surface area contributed by atoms with Gasteiger partial charge in [-0.2, -0.15) is 13.2 Å². The lowest BCUT2D eigenvalue weighted by Gasteiger charge is -2.12. The largest absolute Gasteiger partial charge is 0.405 e. The van der Waals surface area contributed by atoms with Crippen LogP contribution in [-0.4, -0.2) is 24.4 Å². The third-order valence-corrected chi connectivity index (χ3v) is 5.29. The first kappa shape index (κ1) is 22.4. The second kappa shape index (κ2) is 8.65. The predicted octanol–water partition coefficient (Wildman–Crippen LogP) is 5.33. The van der Waals surface area contributed by atoms with Crippen LogP contribution in [0.5, 0.6) is 0 Å². The molecule has 1 aliphatic rings. The first-order chi connectivity index (χ1) is 15.6. The molecule has 0 atom stereocenters. The fourth-order valence-electron chi connectivity index (χ4n) is 3.69. The van der Waals surface area contributed by atoms with Crippen molar-refractivity contribution in [3.8, 4) is 0 Å². The number of halogens is 5. The first-order valence-electron chi connectivity index (χ1n) is 9.98. The van der Waals surface area contributed by atoms with E-state index in [1.165, 1.54) is 18.2 Å². The molecule has 9 heteroatoms. The minimum atomic E-state index is -4.54. The SMILES string of the molecule is O=C(NCC(F)(F)F)c1ccc2c(c1)C(=O)c1ccc(Nc3ccc(F)cc3F)cc1CC2. The fraction of sp³-hybridized carbons (Fsp3) is 0.167. The van der Waals surface area contributed by atoms with Gasteiger partial charge in [-0.25, -0.2) is 8.78 Å². The maximum atomic E-state index is 14.0. The number of fused-ring (bicyclic) bond motifs is 2. The number of rotatable bonds is 4. The smallest absolute Gasteiger partial charge is 0.353 e. The molecule has 4 rings (SSSR count). The minimum absolute atomic E-state index is 0.0418. The zero-order valence-electron chi connectivity index (χ0n) is 17.0. The van der Waals surface area contributed by atoms with E-state index in [1.807, 2.05) is 0 Å². The van der Waals surface area contributed by atoms with Crippen molar-refractivity contribution in [3.05, 3.63) is 94.0 Å². The average Bonchev–Trinajstić information content (AvgIpc) is 2.90. The molecule has 3 aromatic rings. The van der Waals surface area contributed by atoms with E-state index in [0.717, 1.165) is 12.1 Å². The van der Waals surface area contributed by atoms with Gasteiger partial charge in [-0.1, -0.05) is 6.07 Å². The highest BCUT2D eigenvalue weighted by molar-refractivity contribution is 6.12. The van der Waals surface area contributed by atoms with Crippen LogP contribution >= 0.6 is 0 Å². The Morgan fingerprint density at radius 3 is 2.36 bits per heavy atom. The number of amides is 1. The molecule has 0 aliphatic heterocycles. The molecule has 2 N–H and O–H groups in total. The monoisotopic (exact) mass is 460 g/mol. The molecule has 3 aromatic carbocycles. The quantitative estimate of drug-likeness (QED) is 0.518. The Kier molecular flexibility index (Phi) is 5.88. The number of hydrogen-bond acceptors (Lipinski definition) is 3. The zero-order valence-corrected chi connectivity index (χ0v) is 17.0. The van der Waals surface area contributed by atoms with E-state index in [-0.39, 0.29) is 22.6 Å². The summed E-state index contributed by atoms with van der Waals surface area (Å²) >= 11 is 0. The summed E-state index contributed by atoms with van der Waals surface area (Å²) in [5.74, 6) is -2.74. The summed E-state index contributed by atoms with van der Waals surface area (Å²) in [5.41, 5.74) is 2.53. The van der Waals surface area contributed by atoms with Crippen molar-refractivity contribution in [3.63, 3.8) is 0 Å². The number of carbonyl (C=O) groups is 2. The molecule has 33 heavy (non-hydrogen) atoms. The van der Waals surface area contributed by atoms with Crippen LogP contribution in [0.4, 0.5) is 33.3 Å². The van der Waals surface area contributed by atoms with Crippen LogP contribution in [0.2, 0.25) is 0 Å². The van der Waals surface area contributed by atoms with Gasteiger partial charge in [-0.3, -0.25) is 9.59 Å². The zero-order chi connectivity index (χ0) is 23.8. The van der Waals surface area contributed by atoms with Gasteiger partial charge in [0.1, 0.15) is 18.2 Å². The van der Waals surface area contributed by atoms with Crippen LogP contribution in [0, 0.1) is 11.6 Å². The second-order valence-corrected chi connectivity index (χ2v) is 7.62. The number of nitrogens with one attached hydrogen (secondary N) is 2. The minimum Gasteiger partial charge on any atom is -0.353 e. The van der Waals surface area contributed by atoms with E-state index in [9.17, 15) is 31.5 Å². The van der Waals surface area contributed by atoms with Crippen molar-refractivity contribution in [2.75, 3.05) is 11.9 Å². The number of benzene rings is 3. The van der Waals surface area contributed by atoms with Crippen LogP contribution < -0.4 is 10.6 Å². The van der Waals surface area contributed by atoms with Gasteiger partial charge in [-0.05, 0) is 66.4 Å². The highest BCUT2D eigenvalue weighted by Gasteiger charge is 2.28. The van der Waals surface area contributed by atoms with Crippen LogP contribution in [0.15, 0.2) is 54.6 Å². The molecule has 0 fully saturated rings. The molecule has 0 aromatic heterocycles. The lowest BCUT2D eigenvalue weighted by atomic mass is 9.96. The van der Waals surface area contributed by atoms with Crippen molar-refractivity contribution in [1.82, 2.24) is 5.32 Å². The van der Waals surface area contributed by atoms with E-state index in [2.05, 4.69) is 5.32 Å². The normalized spacial score (nSPS) is 13.1. The maximum Gasteiger partial charge on any atom is 0.405 e. The van der Waals surface area contributed by atoms with Gasteiger partial charge in [0.15, 0.2) is 5.78 Å². The van der Waals surface area contributed by atoms with Gasteiger partial charge in [0.2, 0.25) is 0 Å². The molecule has 0 radical (unpaired) electrons. The molecule has 1 aliphatic carbocycles. The molecular weight excluding hydrogens is 443 g/mol. The molecule has 0 saturated heterocycles. The summed E-state index contributed by atoms with van der Waals surface area (Å²) in [6.07, 6.45) is -3.60. The molecule has 0 unspecified atom stereocenters. The molecule has 0 saturated carbocycles. The number of hydrogen-bond donors (Lipinski definition) is 2. The fourth-order valence-corrected chi connectivity index (χ4v) is 3.69. The molecule has 0 spiro atoms. The van der Waals surface area contributed by atoms with Gasteiger partial charge in [0, 0.05) is 28.4 Å². The Balaban J connectivity index is 1.59. The van der Waals surface area contributed by atoms with Gasteiger partial charge >= 0.3 is 6.18 Å². The van der Waals surface area contributed by atoms with Crippen LogP contribution in [0.3, 0.4) is 0 Å². The van der Waals surface area contributed by atoms with Crippen molar-refractivity contribution in [1.29, 1.82) is 0 Å². The predicted molar refractivity (Wildman–Crippen MR) is 112 cm³/mol. The lowest BCUT2D eigenvalue weighted by Crippen LogP contribution is -2.33. The van der Waals surface area contributed by atoms with Crippen LogP contribution in [0.25, 0.3) is 0 Å². The number of aryl methyl sites for hydroxylation is 2. The van der Waals surface area contributed by atoms with Crippen molar-refractivity contribution < 1.29 is 31.5 Å². The Bertz CT molecular complexity index is 1250. The number of anilines is 2. The van der Waals surface area contributed by atoms with Crippen molar-refractivity contribution in [2.24, 2.45) is 0 Å². The maximum absolute atomic E-state index is 14.0. The Hall–Kier alpha value is -3.75. The molecule has 4 nitrogen and oxygen atoms in total. The van der Waals surface area contributed by atoms with E-state index >= 15 is 0 Å². The van der Waals surface area contributed by atoms with Crippen molar-refractivity contribution in [2.45, 2.75) is 19.0 Å². The lowest BCUT2D eigenvalue weighted by molar-refractivity contribution is -0.123. The Morgan fingerprint density at radius 2 is 1.64 bits per heavy atom. The molecule has 0 heterocycles.